The molecular weight excluding hydrogens is 256 g/mol. The minimum Gasteiger partial charge on any atom is -0.399 e. The fraction of sp³-hybridized carbons (Fsp3) is 0.533. The first-order valence-electron chi connectivity index (χ1n) is 6.92. The van der Waals surface area contributed by atoms with E-state index in [-0.39, 0.29) is 12.0 Å². The highest BCUT2D eigenvalue weighted by Gasteiger charge is 2.02. The summed E-state index contributed by atoms with van der Waals surface area (Å²) in [4.78, 5) is 11.7. The first-order valence-corrected chi connectivity index (χ1v) is 6.92. The van der Waals surface area contributed by atoms with Crippen LogP contribution in [0.2, 0.25) is 0 Å². The van der Waals surface area contributed by atoms with Crippen LogP contribution in [0, 0.1) is 0 Å². The first-order chi connectivity index (χ1) is 9.58. The van der Waals surface area contributed by atoms with Crippen molar-refractivity contribution in [3.8, 4) is 0 Å². The van der Waals surface area contributed by atoms with Gasteiger partial charge in [-0.05, 0) is 38.5 Å². The molecule has 112 valence electrons. The fourth-order valence-electron chi connectivity index (χ4n) is 1.62. The van der Waals surface area contributed by atoms with Gasteiger partial charge in [-0.1, -0.05) is 6.07 Å². The Bertz CT molecular complexity index is 408. The second-order valence-electron chi connectivity index (χ2n) is 4.81. The van der Waals surface area contributed by atoms with Gasteiger partial charge in [-0.25, -0.2) is 0 Å². The third-order valence-electron chi connectivity index (χ3n) is 2.54. The number of amides is 1. The fourth-order valence-corrected chi connectivity index (χ4v) is 1.62. The average molecular weight is 280 g/mol. The van der Waals surface area contributed by atoms with Gasteiger partial charge < -0.3 is 20.5 Å². The predicted octanol–water partition coefficient (Wildman–Crippen LogP) is 2.43. The molecule has 0 atom stereocenters. The largest absolute Gasteiger partial charge is 0.399 e. The second kappa shape index (κ2) is 9.34. The van der Waals surface area contributed by atoms with Crippen molar-refractivity contribution in [2.45, 2.75) is 32.8 Å². The highest BCUT2D eigenvalue weighted by atomic mass is 16.5. The van der Waals surface area contributed by atoms with Crippen LogP contribution in [0.1, 0.15) is 26.7 Å². The van der Waals surface area contributed by atoms with Gasteiger partial charge in [0.2, 0.25) is 5.91 Å². The Hall–Kier alpha value is -1.59. The number of hydrogen-bond donors (Lipinski definition) is 2. The molecule has 0 saturated heterocycles. The van der Waals surface area contributed by atoms with Gasteiger partial charge in [0.1, 0.15) is 0 Å². The van der Waals surface area contributed by atoms with Gasteiger partial charge in [0.05, 0.1) is 19.3 Å². The number of nitrogens with one attached hydrogen (secondary N) is 1. The van der Waals surface area contributed by atoms with E-state index in [0.29, 0.717) is 38.3 Å². The van der Waals surface area contributed by atoms with Crippen molar-refractivity contribution in [2.24, 2.45) is 0 Å². The Balaban J connectivity index is 2.06. The summed E-state index contributed by atoms with van der Waals surface area (Å²) >= 11 is 0. The number of anilines is 2. The Kier molecular flexibility index (Phi) is 7.69. The van der Waals surface area contributed by atoms with Gasteiger partial charge in [0.25, 0.3) is 0 Å². The molecule has 0 aromatic heterocycles. The molecule has 1 aromatic carbocycles. The predicted molar refractivity (Wildman–Crippen MR) is 80.6 cm³/mol. The molecule has 0 bridgehead atoms. The zero-order chi connectivity index (χ0) is 14.8. The van der Waals surface area contributed by atoms with E-state index in [0.717, 1.165) is 5.69 Å². The van der Waals surface area contributed by atoms with Crippen LogP contribution < -0.4 is 11.1 Å². The van der Waals surface area contributed by atoms with Crippen LogP contribution in [0.3, 0.4) is 0 Å². The van der Waals surface area contributed by atoms with E-state index in [1.54, 1.807) is 12.1 Å². The molecule has 0 saturated carbocycles. The van der Waals surface area contributed by atoms with Gasteiger partial charge >= 0.3 is 0 Å². The lowest BCUT2D eigenvalue weighted by Gasteiger charge is -2.08. The summed E-state index contributed by atoms with van der Waals surface area (Å²) < 4.78 is 10.7. The molecule has 0 radical (unpaired) electrons. The van der Waals surface area contributed by atoms with Crippen LogP contribution in [0.5, 0.6) is 0 Å². The Morgan fingerprint density at radius 1 is 1.30 bits per heavy atom. The molecule has 0 fully saturated rings. The van der Waals surface area contributed by atoms with Crippen molar-refractivity contribution in [3.63, 3.8) is 0 Å². The van der Waals surface area contributed by atoms with Crippen molar-refractivity contribution in [1.82, 2.24) is 0 Å². The molecule has 0 spiro atoms. The van der Waals surface area contributed by atoms with E-state index >= 15 is 0 Å². The van der Waals surface area contributed by atoms with Crippen molar-refractivity contribution in [1.29, 1.82) is 0 Å². The summed E-state index contributed by atoms with van der Waals surface area (Å²) in [5.74, 6) is -0.0300. The van der Waals surface area contributed by atoms with Crippen LogP contribution >= 0.6 is 0 Å². The highest BCUT2D eigenvalue weighted by molar-refractivity contribution is 5.91. The van der Waals surface area contributed by atoms with Crippen LogP contribution in [0.4, 0.5) is 11.4 Å². The van der Waals surface area contributed by atoms with E-state index in [1.807, 2.05) is 26.0 Å². The molecule has 0 aliphatic carbocycles. The van der Waals surface area contributed by atoms with E-state index < -0.39 is 0 Å². The van der Waals surface area contributed by atoms with Gasteiger partial charge in [-0.2, -0.15) is 0 Å². The molecular formula is C15H24N2O3. The van der Waals surface area contributed by atoms with E-state index in [4.69, 9.17) is 15.2 Å². The molecule has 0 unspecified atom stereocenters. The lowest BCUT2D eigenvalue weighted by atomic mass is 10.2. The summed E-state index contributed by atoms with van der Waals surface area (Å²) in [6.07, 6.45) is 1.35. The number of rotatable bonds is 9. The number of nitrogens with two attached hydrogens (primary N) is 1. The number of hydrogen-bond acceptors (Lipinski definition) is 4. The third-order valence-corrected chi connectivity index (χ3v) is 2.54. The topological polar surface area (TPSA) is 73.6 Å². The smallest absolute Gasteiger partial charge is 0.224 e. The number of carbonyl (C=O) groups is 1. The van der Waals surface area contributed by atoms with Gasteiger partial charge in [0, 0.05) is 24.4 Å². The minimum absolute atomic E-state index is 0.0300. The number of benzene rings is 1. The highest BCUT2D eigenvalue weighted by Crippen LogP contribution is 2.12. The molecule has 20 heavy (non-hydrogen) atoms. The summed E-state index contributed by atoms with van der Waals surface area (Å²) in [5, 5.41) is 2.80. The number of carbonyl (C=O) groups excluding carboxylic acids is 1. The molecule has 0 aliphatic heterocycles. The summed E-state index contributed by atoms with van der Waals surface area (Å²) in [6, 6.07) is 7.14. The van der Waals surface area contributed by atoms with Gasteiger partial charge in [0.15, 0.2) is 0 Å². The van der Waals surface area contributed by atoms with E-state index in [9.17, 15) is 4.79 Å². The first kappa shape index (κ1) is 16.5. The number of ether oxygens (including phenoxy) is 2. The molecule has 5 heteroatoms. The van der Waals surface area contributed by atoms with Crippen molar-refractivity contribution in [3.05, 3.63) is 24.3 Å². The molecule has 1 rings (SSSR count). The van der Waals surface area contributed by atoms with Crippen molar-refractivity contribution < 1.29 is 14.3 Å². The molecule has 0 aliphatic rings. The molecule has 3 N–H and O–H groups in total. The molecule has 5 nitrogen and oxygen atoms in total. The molecule has 0 heterocycles. The van der Waals surface area contributed by atoms with E-state index in [1.165, 1.54) is 0 Å². The summed E-state index contributed by atoms with van der Waals surface area (Å²) in [5.41, 5.74) is 7.00. The standard InChI is InChI=1S/C15H24N2O3/c1-12(2)20-10-9-19-8-4-7-15(18)17-14-6-3-5-13(16)11-14/h3,5-6,11-12H,4,7-10,16H2,1-2H3,(H,17,18). The SMILES string of the molecule is CC(C)OCCOCCCC(=O)Nc1cccc(N)c1. The third kappa shape index (κ3) is 7.76. The van der Waals surface area contributed by atoms with Crippen LogP contribution in [-0.2, 0) is 14.3 Å². The van der Waals surface area contributed by atoms with Gasteiger partial charge in [-0.15, -0.1) is 0 Å². The van der Waals surface area contributed by atoms with Crippen LogP contribution in [0.25, 0.3) is 0 Å². The summed E-state index contributed by atoms with van der Waals surface area (Å²) in [7, 11) is 0. The minimum atomic E-state index is -0.0300. The normalized spacial score (nSPS) is 10.8. The summed E-state index contributed by atoms with van der Waals surface area (Å²) in [6.45, 7) is 5.69. The Labute approximate surface area is 120 Å². The monoisotopic (exact) mass is 280 g/mol. The Morgan fingerprint density at radius 2 is 2.10 bits per heavy atom. The van der Waals surface area contributed by atoms with Crippen molar-refractivity contribution >= 4 is 17.3 Å². The lowest BCUT2D eigenvalue weighted by Crippen LogP contribution is -2.13. The lowest BCUT2D eigenvalue weighted by molar-refractivity contribution is -0.116. The number of nitrogen functional groups attached to an aromatic ring is 1. The average Bonchev–Trinajstić information content (AvgIpc) is 2.37. The quantitative estimate of drug-likeness (QED) is 0.538. The maximum atomic E-state index is 11.7. The van der Waals surface area contributed by atoms with Gasteiger partial charge in [-0.3, -0.25) is 4.79 Å². The molecule has 1 amide bonds. The Morgan fingerprint density at radius 3 is 2.80 bits per heavy atom. The van der Waals surface area contributed by atoms with Crippen molar-refractivity contribution in [2.75, 3.05) is 30.9 Å². The second-order valence-corrected chi connectivity index (χ2v) is 4.81. The van der Waals surface area contributed by atoms with E-state index in [2.05, 4.69) is 5.32 Å². The van der Waals surface area contributed by atoms with Crippen LogP contribution in [-0.4, -0.2) is 31.8 Å². The molecule has 1 aromatic rings. The zero-order valence-corrected chi connectivity index (χ0v) is 12.2. The zero-order valence-electron chi connectivity index (χ0n) is 12.2. The maximum Gasteiger partial charge on any atom is 0.224 e. The maximum absolute atomic E-state index is 11.7. The van der Waals surface area contributed by atoms with Crippen LogP contribution in [0.15, 0.2) is 24.3 Å².